The lowest BCUT2D eigenvalue weighted by Gasteiger charge is -2.05. The zero-order valence-electron chi connectivity index (χ0n) is 10.6. The molecule has 2 heterocycles. The number of aromatic nitrogens is 1. The maximum atomic E-state index is 12.1. The van der Waals surface area contributed by atoms with Gasteiger partial charge in [-0.3, -0.25) is 4.79 Å². The Morgan fingerprint density at radius 1 is 1.32 bits per heavy atom. The Morgan fingerprint density at radius 2 is 2.21 bits per heavy atom. The van der Waals surface area contributed by atoms with Crippen LogP contribution in [0, 0.1) is 6.92 Å². The minimum atomic E-state index is -0.0397. The second-order valence-electron chi connectivity index (χ2n) is 4.54. The number of aromatic amines is 1. The van der Waals surface area contributed by atoms with Crippen molar-refractivity contribution >= 4 is 28.1 Å². The first kappa shape index (κ1) is 12.0. The van der Waals surface area contributed by atoms with Crippen molar-refractivity contribution in [2.24, 2.45) is 0 Å². The molecule has 0 unspecified atom stereocenters. The van der Waals surface area contributed by atoms with E-state index in [1.54, 1.807) is 11.3 Å². The zero-order chi connectivity index (χ0) is 13.2. The van der Waals surface area contributed by atoms with E-state index in [9.17, 15) is 4.79 Å². The Kier molecular flexibility index (Phi) is 3.09. The Morgan fingerprint density at radius 3 is 3.00 bits per heavy atom. The number of hydrogen-bond acceptors (Lipinski definition) is 2. The molecule has 1 amide bonds. The van der Waals surface area contributed by atoms with Crippen molar-refractivity contribution < 1.29 is 4.79 Å². The molecule has 0 saturated heterocycles. The lowest BCUT2D eigenvalue weighted by Crippen LogP contribution is -2.22. The summed E-state index contributed by atoms with van der Waals surface area (Å²) in [5.41, 5.74) is 4.08. The minimum absolute atomic E-state index is 0.0397. The molecule has 96 valence electrons. The van der Waals surface area contributed by atoms with Crippen molar-refractivity contribution in [3.8, 4) is 0 Å². The number of thiophene rings is 1. The molecular weight excluding hydrogens is 256 g/mol. The number of benzene rings is 1. The van der Waals surface area contributed by atoms with E-state index in [2.05, 4.69) is 28.0 Å². The Balaban J connectivity index is 1.74. The standard InChI is InChI=1S/C15H14N2OS/c1-10-8-19-9-13(10)7-17-15(18)12-3-2-11-4-5-16-14(11)6-12/h2-6,8-9,16H,7H2,1H3,(H,17,18). The van der Waals surface area contributed by atoms with E-state index in [1.807, 2.05) is 30.5 Å². The molecule has 3 nitrogen and oxygen atoms in total. The normalized spacial score (nSPS) is 10.8. The maximum Gasteiger partial charge on any atom is 0.251 e. The van der Waals surface area contributed by atoms with Gasteiger partial charge in [0.1, 0.15) is 0 Å². The van der Waals surface area contributed by atoms with Gasteiger partial charge in [-0.2, -0.15) is 11.3 Å². The Hall–Kier alpha value is -2.07. The van der Waals surface area contributed by atoms with Crippen LogP contribution in [-0.2, 0) is 6.54 Å². The lowest BCUT2D eigenvalue weighted by molar-refractivity contribution is 0.0951. The third-order valence-electron chi connectivity index (χ3n) is 3.22. The van der Waals surface area contributed by atoms with E-state index in [0.29, 0.717) is 12.1 Å². The molecule has 0 saturated carbocycles. The van der Waals surface area contributed by atoms with Crippen LogP contribution in [0.3, 0.4) is 0 Å². The number of aryl methyl sites for hydroxylation is 1. The SMILES string of the molecule is Cc1cscc1CNC(=O)c1ccc2cc[nH]c2c1. The van der Waals surface area contributed by atoms with Crippen LogP contribution < -0.4 is 5.32 Å². The fourth-order valence-corrected chi connectivity index (χ4v) is 2.89. The molecule has 1 aromatic carbocycles. The van der Waals surface area contributed by atoms with Gasteiger partial charge in [0.05, 0.1) is 0 Å². The average molecular weight is 270 g/mol. The van der Waals surface area contributed by atoms with Gasteiger partial charge in [-0.05, 0) is 52.4 Å². The molecule has 0 atom stereocenters. The van der Waals surface area contributed by atoms with Gasteiger partial charge in [-0.1, -0.05) is 6.07 Å². The molecule has 2 N–H and O–H groups in total. The van der Waals surface area contributed by atoms with Crippen molar-refractivity contribution in [1.82, 2.24) is 10.3 Å². The fraction of sp³-hybridized carbons (Fsp3) is 0.133. The largest absolute Gasteiger partial charge is 0.361 e. The average Bonchev–Trinajstić information content (AvgIpc) is 3.03. The number of fused-ring (bicyclic) bond motifs is 1. The highest BCUT2D eigenvalue weighted by atomic mass is 32.1. The van der Waals surface area contributed by atoms with Crippen molar-refractivity contribution in [1.29, 1.82) is 0 Å². The van der Waals surface area contributed by atoms with E-state index < -0.39 is 0 Å². The smallest absolute Gasteiger partial charge is 0.251 e. The Labute approximate surface area is 115 Å². The number of amides is 1. The highest BCUT2D eigenvalue weighted by Gasteiger charge is 2.07. The van der Waals surface area contributed by atoms with Crippen LogP contribution in [0.1, 0.15) is 21.5 Å². The van der Waals surface area contributed by atoms with Gasteiger partial charge in [0.15, 0.2) is 0 Å². The van der Waals surface area contributed by atoms with E-state index in [-0.39, 0.29) is 5.91 Å². The van der Waals surface area contributed by atoms with Crippen LogP contribution in [0.5, 0.6) is 0 Å². The minimum Gasteiger partial charge on any atom is -0.361 e. The number of hydrogen-bond donors (Lipinski definition) is 2. The highest BCUT2D eigenvalue weighted by molar-refractivity contribution is 7.08. The molecule has 0 radical (unpaired) electrons. The van der Waals surface area contributed by atoms with Crippen molar-refractivity contribution in [2.75, 3.05) is 0 Å². The molecular formula is C15H14N2OS. The molecule has 0 fully saturated rings. The fourth-order valence-electron chi connectivity index (χ4n) is 2.03. The Bertz CT molecular complexity index is 726. The van der Waals surface area contributed by atoms with Gasteiger partial charge in [0.25, 0.3) is 5.91 Å². The molecule has 0 aliphatic rings. The molecule has 19 heavy (non-hydrogen) atoms. The van der Waals surface area contributed by atoms with Crippen molar-refractivity contribution in [3.05, 3.63) is 57.9 Å². The van der Waals surface area contributed by atoms with Crippen LogP contribution in [0.2, 0.25) is 0 Å². The van der Waals surface area contributed by atoms with Crippen molar-refractivity contribution in [3.63, 3.8) is 0 Å². The van der Waals surface area contributed by atoms with Gasteiger partial charge in [-0.15, -0.1) is 0 Å². The number of nitrogens with one attached hydrogen (secondary N) is 2. The maximum absolute atomic E-state index is 12.1. The third-order valence-corrected chi connectivity index (χ3v) is 4.13. The summed E-state index contributed by atoms with van der Waals surface area (Å²) in [6, 6.07) is 7.68. The van der Waals surface area contributed by atoms with E-state index in [4.69, 9.17) is 0 Å². The van der Waals surface area contributed by atoms with Gasteiger partial charge < -0.3 is 10.3 Å². The molecule has 4 heteroatoms. The third kappa shape index (κ3) is 2.39. The number of H-pyrrole nitrogens is 1. The highest BCUT2D eigenvalue weighted by Crippen LogP contribution is 2.15. The van der Waals surface area contributed by atoms with Crippen LogP contribution in [0.15, 0.2) is 41.2 Å². The summed E-state index contributed by atoms with van der Waals surface area (Å²) in [7, 11) is 0. The summed E-state index contributed by atoms with van der Waals surface area (Å²) in [6.07, 6.45) is 1.88. The van der Waals surface area contributed by atoms with Crippen molar-refractivity contribution in [2.45, 2.75) is 13.5 Å². The second kappa shape index (κ2) is 4.90. The molecule has 2 aromatic heterocycles. The molecule has 3 aromatic rings. The first-order valence-electron chi connectivity index (χ1n) is 6.11. The molecule has 0 bridgehead atoms. The van der Waals surface area contributed by atoms with Gasteiger partial charge in [0, 0.05) is 23.8 Å². The van der Waals surface area contributed by atoms with E-state index in [1.165, 1.54) is 11.1 Å². The summed E-state index contributed by atoms with van der Waals surface area (Å²) in [6.45, 7) is 2.64. The summed E-state index contributed by atoms with van der Waals surface area (Å²) >= 11 is 1.66. The topological polar surface area (TPSA) is 44.9 Å². The monoisotopic (exact) mass is 270 g/mol. The first-order valence-corrected chi connectivity index (χ1v) is 7.05. The van der Waals surface area contributed by atoms with Crippen LogP contribution in [0.4, 0.5) is 0 Å². The lowest BCUT2D eigenvalue weighted by atomic mass is 10.1. The number of rotatable bonds is 3. The molecule has 0 spiro atoms. The van der Waals surface area contributed by atoms with Gasteiger partial charge in [-0.25, -0.2) is 0 Å². The quantitative estimate of drug-likeness (QED) is 0.752. The first-order chi connectivity index (χ1) is 9.24. The predicted octanol–water partition coefficient (Wildman–Crippen LogP) is 3.47. The zero-order valence-corrected chi connectivity index (χ0v) is 11.4. The molecule has 3 rings (SSSR count). The van der Waals surface area contributed by atoms with Crippen LogP contribution in [0.25, 0.3) is 10.9 Å². The summed E-state index contributed by atoms with van der Waals surface area (Å²) in [5, 5.41) is 8.23. The molecule has 0 aliphatic carbocycles. The summed E-state index contributed by atoms with van der Waals surface area (Å²) in [5.74, 6) is -0.0397. The van der Waals surface area contributed by atoms with E-state index >= 15 is 0 Å². The summed E-state index contributed by atoms with van der Waals surface area (Å²) in [4.78, 5) is 15.2. The molecule has 0 aliphatic heterocycles. The summed E-state index contributed by atoms with van der Waals surface area (Å²) < 4.78 is 0. The predicted molar refractivity (Wildman–Crippen MR) is 78.5 cm³/mol. The van der Waals surface area contributed by atoms with E-state index in [0.717, 1.165) is 10.9 Å². The second-order valence-corrected chi connectivity index (χ2v) is 5.29. The van der Waals surface area contributed by atoms with Gasteiger partial charge in [0.2, 0.25) is 0 Å². The van der Waals surface area contributed by atoms with Crippen LogP contribution >= 0.6 is 11.3 Å². The number of carbonyl (C=O) groups excluding carboxylic acids is 1. The number of carbonyl (C=O) groups is 1. The van der Waals surface area contributed by atoms with Gasteiger partial charge >= 0.3 is 0 Å². The van der Waals surface area contributed by atoms with Crippen LogP contribution in [-0.4, -0.2) is 10.9 Å².